The van der Waals surface area contributed by atoms with E-state index >= 15 is 0 Å². The van der Waals surface area contributed by atoms with Gasteiger partial charge in [-0.3, -0.25) is 9.59 Å². The third-order valence-electron chi connectivity index (χ3n) is 4.82. The Kier molecular flexibility index (Phi) is 3.70. The zero-order valence-corrected chi connectivity index (χ0v) is 12.7. The Morgan fingerprint density at radius 3 is 2.62 bits per heavy atom. The van der Waals surface area contributed by atoms with E-state index in [2.05, 4.69) is 5.32 Å². The van der Waals surface area contributed by atoms with Gasteiger partial charge in [-0.2, -0.15) is 0 Å². The van der Waals surface area contributed by atoms with Gasteiger partial charge in [0.1, 0.15) is 0 Å². The molecule has 0 aromatic heterocycles. The van der Waals surface area contributed by atoms with Crippen LogP contribution in [0, 0.1) is 19.8 Å². The number of rotatable bonds is 3. The van der Waals surface area contributed by atoms with Crippen molar-refractivity contribution in [1.29, 1.82) is 0 Å². The Labute approximate surface area is 125 Å². The topological polar surface area (TPSA) is 49.4 Å². The molecular weight excluding hydrogens is 264 g/mol. The van der Waals surface area contributed by atoms with Crippen LogP contribution in [0.1, 0.15) is 36.8 Å². The highest BCUT2D eigenvalue weighted by molar-refractivity contribution is 5.97. The molecule has 1 saturated carbocycles. The highest BCUT2D eigenvalue weighted by Crippen LogP contribution is 2.31. The van der Waals surface area contributed by atoms with Gasteiger partial charge in [0.05, 0.1) is 5.92 Å². The van der Waals surface area contributed by atoms with Crippen molar-refractivity contribution in [2.75, 3.05) is 11.9 Å². The molecule has 1 heterocycles. The highest BCUT2D eigenvalue weighted by atomic mass is 16.2. The molecule has 0 bridgehead atoms. The maximum absolute atomic E-state index is 12.3. The smallest absolute Gasteiger partial charge is 0.229 e. The molecule has 0 spiro atoms. The number of hydrogen-bond acceptors (Lipinski definition) is 2. The Morgan fingerprint density at radius 2 is 2.00 bits per heavy atom. The second-order valence-electron chi connectivity index (χ2n) is 6.32. The molecule has 1 saturated heterocycles. The number of likely N-dealkylation sites (tertiary alicyclic amines) is 1. The number of carbonyl (C=O) groups excluding carboxylic acids is 2. The zero-order valence-electron chi connectivity index (χ0n) is 12.7. The minimum absolute atomic E-state index is 0.0339. The summed E-state index contributed by atoms with van der Waals surface area (Å²) in [5.41, 5.74) is 3.18. The van der Waals surface area contributed by atoms with E-state index in [-0.39, 0.29) is 17.7 Å². The fraction of sp³-hybridized carbons (Fsp3) is 0.529. The molecule has 2 aliphatic rings. The van der Waals surface area contributed by atoms with Gasteiger partial charge in [0.25, 0.3) is 0 Å². The van der Waals surface area contributed by atoms with Gasteiger partial charge in [0, 0.05) is 24.7 Å². The Balaban J connectivity index is 1.63. The molecule has 21 heavy (non-hydrogen) atoms. The van der Waals surface area contributed by atoms with Crippen LogP contribution in [0.3, 0.4) is 0 Å². The summed E-state index contributed by atoms with van der Waals surface area (Å²) >= 11 is 0. The predicted octanol–water partition coefficient (Wildman–Crippen LogP) is 2.64. The summed E-state index contributed by atoms with van der Waals surface area (Å²) in [5, 5.41) is 2.95. The normalized spacial score (nSPS) is 22.3. The summed E-state index contributed by atoms with van der Waals surface area (Å²) in [6, 6.07) is 6.29. The molecule has 1 N–H and O–H groups in total. The summed E-state index contributed by atoms with van der Waals surface area (Å²) in [6.45, 7) is 4.66. The van der Waals surface area contributed by atoms with E-state index in [9.17, 15) is 9.59 Å². The molecule has 1 unspecified atom stereocenters. The van der Waals surface area contributed by atoms with Crippen molar-refractivity contribution in [2.45, 2.75) is 45.6 Å². The van der Waals surface area contributed by atoms with Gasteiger partial charge in [-0.1, -0.05) is 6.07 Å². The summed E-state index contributed by atoms with van der Waals surface area (Å²) in [6.07, 6.45) is 3.75. The third-order valence-corrected chi connectivity index (χ3v) is 4.82. The van der Waals surface area contributed by atoms with Crippen molar-refractivity contribution >= 4 is 17.5 Å². The number of hydrogen-bond donors (Lipinski definition) is 1. The first-order chi connectivity index (χ1) is 10.0. The lowest BCUT2D eigenvalue weighted by Gasteiger charge is -2.34. The second-order valence-corrected chi connectivity index (χ2v) is 6.32. The first-order valence-corrected chi connectivity index (χ1v) is 7.72. The predicted molar refractivity (Wildman–Crippen MR) is 82.0 cm³/mol. The minimum atomic E-state index is -0.209. The third kappa shape index (κ3) is 2.80. The van der Waals surface area contributed by atoms with E-state index in [0.717, 1.165) is 24.1 Å². The van der Waals surface area contributed by atoms with E-state index in [1.165, 1.54) is 12.0 Å². The van der Waals surface area contributed by atoms with E-state index in [1.807, 2.05) is 36.9 Å². The van der Waals surface area contributed by atoms with Crippen LogP contribution in [0.5, 0.6) is 0 Å². The standard InChI is InChI=1S/C17H22N2O2/c1-11-6-7-14(8-12(11)2)18-17(21)13-9-16(20)19(10-13)15-4-3-5-15/h6-8,13,15H,3-5,9-10H2,1-2H3,(H,18,21). The van der Waals surface area contributed by atoms with Crippen molar-refractivity contribution in [2.24, 2.45) is 5.92 Å². The van der Waals surface area contributed by atoms with Crippen molar-refractivity contribution in [1.82, 2.24) is 4.90 Å². The van der Waals surface area contributed by atoms with Gasteiger partial charge in [-0.25, -0.2) is 0 Å². The van der Waals surface area contributed by atoms with Gasteiger partial charge in [-0.05, 0) is 56.4 Å². The number of carbonyl (C=O) groups is 2. The summed E-state index contributed by atoms with van der Waals surface area (Å²) < 4.78 is 0. The molecule has 1 atom stereocenters. The van der Waals surface area contributed by atoms with E-state index in [1.54, 1.807) is 0 Å². The zero-order chi connectivity index (χ0) is 15.0. The quantitative estimate of drug-likeness (QED) is 0.928. The lowest BCUT2D eigenvalue weighted by atomic mass is 9.92. The van der Waals surface area contributed by atoms with Crippen molar-refractivity contribution in [3.8, 4) is 0 Å². The number of amides is 2. The monoisotopic (exact) mass is 286 g/mol. The van der Waals surface area contributed by atoms with E-state index < -0.39 is 0 Å². The lowest BCUT2D eigenvalue weighted by molar-refractivity contribution is -0.131. The molecule has 1 aromatic rings. The Morgan fingerprint density at radius 1 is 1.24 bits per heavy atom. The molecule has 112 valence electrons. The van der Waals surface area contributed by atoms with Crippen LogP contribution >= 0.6 is 0 Å². The molecule has 3 rings (SSSR count). The molecule has 2 fully saturated rings. The molecule has 4 nitrogen and oxygen atoms in total. The number of benzene rings is 1. The maximum Gasteiger partial charge on any atom is 0.229 e. The number of nitrogens with one attached hydrogen (secondary N) is 1. The fourth-order valence-electron chi connectivity index (χ4n) is 3.02. The Bertz CT molecular complexity index is 578. The molecule has 2 amide bonds. The summed E-state index contributed by atoms with van der Waals surface area (Å²) in [4.78, 5) is 26.3. The lowest BCUT2D eigenvalue weighted by Crippen LogP contribution is -2.41. The molecule has 1 aliphatic heterocycles. The van der Waals surface area contributed by atoms with Crippen LogP contribution in [0.2, 0.25) is 0 Å². The fourth-order valence-corrected chi connectivity index (χ4v) is 3.02. The van der Waals surface area contributed by atoms with Gasteiger partial charge < -0.3 is 10.2 Å². The van der Waals surface area contributed by atoms with Crippen LogP contribution < -0.4 is 5.32 Å². The van der Waals surface area contributed by atoms with Crippen molar-refractivity contribution in [3.63, 3.8) is 0 Å². The first-order valence-electron chi connectivity index (χ1n) is 7.72. The Hall–Kier alpha value is -1.84. The number of aryl methyl sites for hydroxylation is 2. The molecule has 1 aromatic carbocycles. The SMILES string of the molecule is Cc1ccc(NC(=O)C2CC(=O)N(C3CCC3)C2)cc1C. The molecule has 0 radical (unpaired) electrons. The number of nitrogens with zero attached hydrogens (tertiary/aromatic N) is 1. The first kappa shape index (κ1) is 14.1. The van der Waals surface area contributed by atoms with Gasteiger partial charge in [-0.15, -0.1) is 0 Å². The maximum atomic E-state index is 12.3. The van der Waals surface area contributed by atoms with Gasteiger partial charge in [0.15, 0.2) is 0 Å². The molecule has 4 heteroatoms. The van der Waals surface area contributed by atoms with Crippen LogP contribution in [-0.2, 0) is 9.59 Å². The molecule has 1 aliphatic carbocycles. The van der Waals surface area contributed by atoms with E-state index in [0.29, 0.717) is 19.0 Å². The van der Waals surface area contributed by atoms with Crippen molar-refractivity contribution in [3.05, 3.63) is 29.3 Å². The van der Waals surface area contributed by atoms with Crippen LogP contribution in [0.25, 0.3) is 0 Å². The van der Waals surface area contributed by atoms with Crippen LogP contribution in [-0.4, -0.2) is 29.3 Å². The highest BCUT2D eigenvalue weighted by Gasteiger charge is 2.39. The summed E-state index contributed by atoms with van der Waals surface area (Å²) in [5.74, 6) is -0.104. The van der Waals surface area contributed by atoms with Gasteiger partial charge >= 0.3 is 0 Å². The average molecular weight is 286 g/mol. The minimum Gasteiger partial charge on any atom is -0.339 e. The summed E-state index contributed by atoms with van der Waals surface area (Å²) in [7, 11) is 0. The van der Waals surface area contributed by atoms with Crippen LogP contribution in [0.15, 0.2) is 18.2 Å². The average Bonchev–Trinajstić information content (AvgIpc) is 2.74. The molecular formula is C17H22N2O2. The largest absolute Gasteiger partial charge is 0.339 e. The van der Waals surface area contributed by atoms with E-state index in [4.69, 9.17) is 0 Å². The second kappa shape index (κ2) is 5.51. The van der Waals surface area contributed by atoms with Crippen molar-refractivity contribution < 1.29 is 9.59 Å². The number of anilines is 1. The van der Waals surface area contributed by atoms with Crippen LogP contribution in [0.4, 0.5) is 5.69 Å². The van der Waals surface area contributed by atoms with Gasteiger partial charge in [0.2, 0.25) is 11.8 Å².